The van der Waals surface area contributed by atoms with E-state index in [2.05, 4.69) is 32.0 Å². The monoisotopic (exact) mass is 332 g/mol. The van der Waals surface area contributed by atoms with Gasteiger partial charge < -0.3 is 8.83 Å². The van der Waals surface area contributed by atoms with Crippen LogP contribution in [0.5, 0.6) is 0 Å². The molecule has 2 heterocycles. The number of hydrogen-bond acceptors (Lipinski definition) is 3. The highest BCUT2D eigenvalue weighted by molar-refractivity contribution is 6.02. The molecule has 4 aromatic rings. The fourth-order valence-electron chi connectivity index (χ4n) is 3.40. The van der Waals surface area contributed by atoms with E-state index < -0.39 is 0 Å². The van der Waals surface area contributed by atoms with Crippen molar-refractivity contribution in [3.05, 3.63) is 70.3 Å². The number of furan rings is 1. The molecule has 0 aliphatic heterocycles. The number of rotatable bonds is 3. The Bertz CT molecular complexity index is 1110. The third-order valence-electron chi connectivity index (χ3n) is 4.68. The van der Waals surface area contributed by atoms with E-state index in [1.54, 1.807) is 6.26 Å². The van der Waals surface area contributed by atoms with Crippen molar-refractivity contribution >= 4 is 21.9 Å². The van der Waals surface area contributed by atoms with Gasteiger partial charge in [0.05, 0.1) is 6.26 Å². The van der Waals surface area contributed by atoms with Crippen molar-refractivity contribution in [2.75, 3.05) is 0 Å². The van der Waals surface area contributed by atoms with Gasteiger partial charge in [0.2, 0.25) is 0 Å². The Hall–Kier alpha value is -2.81. The van der Waals surface area contributed by atoms with Gasteiger partial charge >= 0.3 is 5.63 Å². The molecule has 0 aliphatic rings. The fraction of sp³-hybridized carbons (Fsp3) is 0.227. The van der Waals surface area contributed by atoms with Crippen molar-refractivity contribution < 1.29 is 8.83 Å². The first-order valence-electron chi connectivity index (χ1n) is 8.57. The summed E-state index contributed by atoms with van der Waals surface area (Å²) in [5.41, 5.74) is 5.00. The van der Waals surface area contributed by atoms with E-state index >= 15 is 0 Å². The lowest BCUT2D eigenvalue weighted by Crippen LogP contribution is -2.12. The van der Waals surface area contributed by atoms with Gasteiger partial charge in [-0.1, -0.05) is 44.2 Å². The summed E-state index contributed by atoms with van der Waals surface area (Å²) in [5, 5.41) is 2.01. The Morgan fingerprint density at radius 2 is 1.76 bits per heavy atom. The van der Waals surface area contributed by atoms with Gasteiger partial charge in [-0.3, -0.25) is 0 Å². The van der Waals surface area contributed by atoms with Crippen LogP contribution in [-0.4, -0.2) is 0 Å². The van der Waals surface area contributed by atoms with Crippen molar-refractivity contribution in [2.45, 2.75) is 27.2 Å². The van der Waals surface area contributed by atoms with Crippen LogP contribution in [0, 0.1) is 12.8 Å². The number of fused-ring (bicyclic) bond motifs is 2. The largest absolute Gasteiger partial charge is 0.464 e. The minimum atomic E-state index is -0.243. The molecule has 0 saturated heterocycles. The highest BCUT2D eigenvalue weighted by atomic mass is 16.4. The van der Waals surface area contributed by atoms with Crippen LogP contribution in [0.1, 0.15) is 25.0 Å². The molecular weight excluding hydrogens is 312 g/mol. The molecule has 0 fully saturated rings. The average molecular weight is 332 g/mol. The van der Waals surface area contributed by atoms with Crippen LogP contribution in [-0.2, 0) is 6.42 Å². The summed E-state index contributed by atoms with van der Waals surface area (Å²) in [5.74, 6) is 0.400. The molecule has 2 aromatic heterocycles. The van der Waals surface area contributed by atoms with Crippen LogP contribution in [0.15, 0.2) is 62.4 Å². The zero-order chi connectivity index (χ0) is 17.6. The molecular formula is C22H20O3. The van der Waals surface area contributed by atoms with Gasteiger partial charge in [-0.25, -0.2) is 4.79 Å². The van der Waals surface area contributed by atoms with Crippen molar-refractivity contribution in [2.24, 2.45) is 5.92 Å². The third kappa shape index (κ3) is 2.66. The van der Waals surface area contributed by atoms with Crippen LogP contribution in [0.4, 0.5) is 0 Å². The third-order valence-corrected chi connectivity index (χ3v) is 4.68. The van der Waals surface area contributed by atoms with Crippen molar-refractivity contribution in [3.63, 3.8) is 0 Å². The fourth-order valence-corrected chi connectivity index (χ4v) is 3.40. The molecule has 0 aliphatic carbocycles. The van der Waals surface area contributed by atoms with Crippen LogP contribution >= 0.6 is 0 Å². The molecule has 0 saturated carbocycles. The van der Waals surface area contributed by atoms with E-state index in [0.29, 0.717) is 11.5 Å². The second-order valence-electron chi connectivity index (χ2n) is 6.95. The predicted octanol–water partition coefficient (Wildman–Crippen LogP) is 5.71. The highest BCUT2D eigenvalue weighted by Crippen LogP contribution is 2.34. The van der Waals surface area contributed by atoms with Gasteiger partial charge in [0, 0.05) is 28.0 Å². The summed E-state index contributed by atoms with van der Waals surface area (Å²) in [6, 6.07) is 14.1. The van der Waals surface area contributed by atoms with Gasteiger partial charge in [-0.05, 0) is 36.5 Å². The quantitative estimate of drug-likeness (QED) is 0.451. The van der Waals surface area contributed by atoms with Gasteiger partial charge in [0.25, 0.3) is 0 Å². The Morgan fingerprint density at radius 1 is 1.00 bits per heavy atom. The first kappa shape index (κ1) is 15.7. The molecule has 0 spiro atoms. The maximum Gasteiger partial charge on any atom is 0.339 e. The zero-order valence-corrected chi connectivity index (χ0v) is 14.6. The molecule has 25 heavy (non-hydrogen) atoms. The maximum atomic E-state index is 12.4. The minimum absolute atomic E-state index is 0.243. The van der Waals surface area contributed by atoms with E-state index in [-0.39, 0.29) is 5.63 Å². The molecule has 126 valence electrons. The second-order valence-corrected chi connectivity index (χ2v) is 6.95. The Balaban J connectivity index is 2.00. The van der Waals surface area contributed by atoms with Crippen molar-refractivity contribution in [1.82, 2.24) is 0 Å². The normalized spacial score (nSPS) is 11.7. The summed E-state index contributed by atoms with van der Waals surface area (Å²) >= 11 is 0. The highest BCUT2D eigenvalue weighted by Gasteiger charge is 2.16. The summed E-state index contributed by atoms with van der Waals surface area (Å²) in [4.78, 5) is 12.4. The van der Waals surface area contributed by atoms with Crippen LogP contribution in [0.25, 0.3) is 33.1 Å². The Labute approximate surface area is 145 Å². The van der Waals surface area contributed by atoms with E-state index in [0.717, 1.165) is 45.0 Å². The lowest BCUT2D eigenvalue weighted by molar-refractivity contribution is 0.532. The summed E-state index contributed by atoms with van der Waals surface area (Å²) in [6.07, 6.45) is 2.49. The standard InChI is InChI=1S/C22H20O3/c1-13(2)9-17-14(3)16-10-18-19(15-7-5-4-6-8-15)12-24-20(18)11-21(16)25-22(17)23/h4-8,10-13H,9H2,1-3H3. The van der Waals surface area contributed by atoms with E-state index in [1.807, 2.05) is 31.2 Å². The number of benzene rings is 2. The summed E-state index contributed by atoms with van der Waals surface area (Å²) in [6.45, 7) is 6.22. The molecule has 0 bridgehead atoms. The predicted molar refractivity (Wildman–Crippen MR) is 101 cm³/mol. The number of aryl methyl sites for hydroxylation is 1. The van der Waals surface area contributed by atoms with Crippen molar-refractivity contribution in [1.29, 1.82) is 0 Å². The molecule has 0 unspecified atom stereocenters. The molecule has 0 N–H and O–H groups in total. The van der Waals surface area contributed by atoms with Gasteiger partial charge in [0.1, 0.15) is 11.2 Å². The lowest BCUT2D eigenvalue weighted by atomic mass is 9.96. The molecule has 0 atom stereocenters. The lowest BCUT2D eigenvalue weighted by Gasteiger charge is -2.10. The second kappa shape index (κ2) is 5.92. The first-order valence-corrected chi connectivity index (χ1v) is 8.57. The maximum absolute atomic E-state index is 12.4. The van der Waals surface area contributed by atoms with Crippen LogP contribution in [0.3, 0.4) is 0 Å². The average Bonchev–Trinajstić information content (AvgIpc) is 3.00. The molecule has 2 aromatic carbocycles. The zero-order valence-electron chi connectivity index (χ0n) is 14.6. The number of hydrogen-bond donors (Lipinski definition) is 0. The minimum Gasteiger partial charge on any atom is -0.464 e. The van der Waals surface area contributed by atoms with Crippen LogP contribution < -0.4 is 5.63 Å². The SMILES string of the molecule is Cc1c(CC(C)C)c(=O)oc2cc3occ(-c4ccccc4)c3cc12. The van der Waals surface area contributed by atoms with E-state index in [4.69, 9.17) is 8.83 Å². The first-order chi connectivity index (χ1) is 12.0. The summed E-state index contributed by atoms with van der Waals surface area (Å²) < 4.78 is 11.3. The van der Waals surface area contributed by atoms with E-state index in [9.17, 15) is 4.79 Å². The smallest absolute Gasteiger partial charge is 0.339 e. The van der Waals surface area contributed by atoms with E-state index in [1.165, 1.54) is 0 Å². The molecule has 3 heteroatoms. The summed E-state index contributed by atoms with van der Waals surface area (Å²) in [7, 11) is 0. The van der Waals surface area contributed by atoms with Crippen molar-refractivity contribution in [3.8, 4) is 11.1 Å². The molecule has 4 rings (SSSR count). The van der Waals surface area contributed by atoms with Gasteiger partial charge in [-0.15, -0.1) is 0 Å². The topological polar surface area (TPSA) is 43.4 Å². The molecule has 0 amide bonds. The Morgan fingerprint density at radius 3 is 2.48 bits per heavy atom. The van der Waals surface area contributed by atoms with Gasteiger partial charge in [0.15, 0.2) is 0 Å². The molecule has 3 nitrogen and oxygen atoms in total. The molecule has 0 radical (unpaired) electrons. The van der Waals surface area contributed by atoms with Crippen LogP contribution in [0.2, 0.25) is 0 Å². The Kier molecular flexibility index (Phi) is 3.72. The van der Waals surface area contributed by atoms with Gasteiger partial charge in [-0.2, -0.15) is 0 Å².